The summed E-state index contributed by atoms with van der Waals surface area (Å²) in [6, 6.07) is 7.80. The van der Waals surface area contributed by atoms with Crippen molar-refractivity contribution in [2.24, 2.45) is 0 Å². The summed E-state index contributed by atoms with van der Waals surface area (Å²) in [7, 11) is -2.13. The van der Waals surface area contributed by atoms with Crippen molar-refractivity contribution in [2.75, 3.05) is 11.8 Å². The van der Waals surface area contributed by atoms with E-state index in [-0.39, 0.29) is 10.7 Å². The van der Waals surface area contributed by atoms with Gasteiger partial charge in [-0.1, -0.05) is 0 Å². The van der Waals surface area contributed by atoms with Gasteiger partial charge in [-0.15, -0.1) is 0 Å². The number of hydrogen-bond donors (Lipinski definition) is 1. The average molecular weight is 357 g/mol. The van der Waals surface area contributed by atoms with E-state index in [4.69, 9.17) is 4.74 Å². The average Bonchev–Trinajstić information content (AvgIpc) is 2.43. The lowest BCUT2D eigenvalue weighted by Crippen LogP contribution is -2.14. The second kappa shape index (κ2) is 5.80. The molecule has 1 heterocycles. The normalized spacial score (nSPS) is 11.2. The Hall–Kier alpha value is -1.60. The van der Waals surface area contributed by atoms with Gasteiger partial charge in [0.15, 0.2) is 0 Å². The Balaban J connectivity index is 2.27. The number of hydrogen-bond acceptors (Lipinski definition) is 4. The molecule has 0 atom stereocenters. The molecule has 1 N–H and O–H groups in total. The number of sulfonamides is 1. The largest absolute Gasteiger partial charge is 0.497 e. The first-order valence-corrected chi connectivity index (χ1v) is 7.99. The van der Waals surface area contributed by atoms with Gasteiger partial charge in [0.05, 0.1) is 12.0 Å². The van der Waals surface area contributed by atoms with Crippen LogP contribution in [0.2, 0.25) is 0 Å². The highest BCUT2D eigenvalue weighted by Gasteiger charge is 2.15. The number of nitrogens with one attached hydrogen (secondary N) is 1. The van der Waals surface area contributed by atoms with Crippen LogP contribution in [0.5, 0.6) is 5.75 Å². The summed E-state index contributed by atoms with van der Waals surface area (Å²) in [6.07, 6.45) is 1.56. The quantitative estimate of drug-likeness (QED) is 0.914. The van der Waals surface area contributed by atoms with Crippen LogP contribution in [0, 0.1) is 6.92 Å². The smallest absolute Gasteiger partial charge is 0.263 e. The van der Waals surface area contributed by atoms with Crippen LogP contribution < -0.4 is 9.46 Å². The third-order valence-corrected chi connectivity index (χ3v) is 4.86. The fraction of sp³-hybridized carbons (Fsp3) is 0.154. The zero-order chi connectivity index (χ0) is 14.8. The first-order chi connectivity index (χ1) is 9.42. The summed E-state index contributed by atoms with van der Waals surface area (Å²) >= 11 is 3.32. The third kappa shape index (κ3) is 3.29. The zero-order valence-electron chi connectivity index (χ0n) is 10.9. The van der Waals surface area contributed by atoms with Gasteiger partial charge in [0.2, 0.25) is 0 Å². The van der Waals surface area contributed by atoms with Gasteiger partial charge in [-0.2, -0.15) is 0 Å². The van der Waals surface area contributed by atoms with Crippen LogP contribution >= 0.6 is 15.9 Å². The SMILES string of the molecule is COc1ccc(S(=O)(=O)Nc2cc(C)c(Br)cn2)cc1. The zero-order valence-corrected chi connectivity index (χ0v) is 13.3. The van der Waals surface area contributed by atoms with Crippen LogP contribution in [-0.2, 0) is 10.0 Å². The third-order valence-electron chi connectivity index (χ3n) is 2.66. The first-order valence-electron chi connectivity index (χ1n) is 5.71. The lowest BCUT2D eigenvalue weighted by Gasteiger charge is -2.09. The molecule has 5 nitrogen and oxygen atoms in total. The van der Waals surface area contributed by atoms with Crippen molar-refractivity contribution in [3.8, 4) is 5.75 Å². The molecule has 0 amide bonds. The molecule has 0 radical (unpaired) electrons. The van der Waals surface area contributed by atoms with Gasteiger partial charge in [0, 0.05) is 10.7 Å². The van der Waals surface area contributed by atoms with Crippen molar-refractivity contribution < 1.29 is 13.2 Å². The van der Waals surface area contributed by atoms with Gasteiger partial charge >= 0.3 is 0 Å². The maximum Gasteiger partial charge on any atom is 0.263 e. The van der Waals surface area contributed by atoms with E-state index >= 15 is 0 Å². The monoisotopic (exact) mass is 356 g/mol. The number of benzene rings is 1. The molecule has 106 valence electrons. The number of nitrogens with zero attached hydrogens (tertiary/aromatic N) is 1. The molecule has 0 aliphatic heterocycles. The lowest BCUT2D eigenvalue weighted by molar-refractivity contribution is 0.414. The maximum atomic E-state index is 12.2. The molecule has 2 aromatic rings. The van der Waals surface area contributed by atoms with Crippen molar-refractivity contribution in [1.82, 2.24) is 4.98 Å². The molecule has 0 saturated carbocycles. The number of anilines is 1. The van der Waals surface area contributed by atoms with Gasteiger partial charge in [0.1, 0.15) is 11.6 Å². The van der Waals surface area contributed by atoms with Crippen molar-refractivity contribution in [3.63, 3.8) is 0 Å². The van der Waals surface area contributed by atoms with E-state index in [9.17, 15) is 8.42 Å². The van der Waals surface area contributed by atoms with Gasteiger partial charge in [-0.05, 0) is 58.7 Å². The molecule has 0 aliphatic carbocycles. The molecule has 0 bridgehead atoms. The Kier molecular flexibility index (Phi) is 4.29. The number of methoxy groups -OCH3 is 1. The van der Waals surface area contributed by atoms with Crippen LogP contribution in [0.4, 0.5) is 5.82 Å². The fourth-order valence-corrected chi connectivity index (χ4v) is 2.76. The van der Waals surface area contributed by atoms with Gasteiger partial charge in [0.25, 0.3) is 10.0 Å². The van der Waals surface area contributed by atoms with Crippen LogP contribution in [0.15, 0.2) is 45.9 Å². The molecule has 0 unspecified atom stereocenters. The second-order valence-electron chi connectivity index (χ2n) is 4.10. The summed E-state index contributed by atoms with van der Waals surface area (Å²) in [5, 5.41) is 0. The summed E-state index contributed by atoms with van der Waals surface area (Å²) in [5.41, 5.74) is 0.896. The van der Waals surface area contributed by atoms with Crippen molar-refractivity contribution in [1.29, 1.82) is 0 Å². The van der Waals surface area contributed by atoms with E-state index in [1.54, 1.807) is 24.4 Å². The topological polar surface area (TPSA) is 68.3 Å². The number of aromatic nitrogens is 1. The molecule has 0 aliphatic rings. The van der Waals surface area contributed by atoms with E-state index < -0.39 is 10.0 Å². The minimum absolute atomic E-state index is 0.153. The summed E-state index contributed by atoms with van der Waals surface area (Å²) in [5.74, 6) is 0.878. The molecule has 0 fully saturated rings. The summed E-state index contributed by atoms with van der Waals surface area (Å²) in [6.45, 7) is 1.86. The molecule has 0 saturated heterocycles. The molecule has 1 aromatic heterocycles. The Morgan fingerprint density at radius 2 is 1.90 bits per heavy atom. The number of ether oxygens (including phenoxy) is 1. The fourth-order valence-electron chi connectivity index (χ4n) is 1.55. The van der Waals surface area contributed by atoms with Crippen LogP contribution in [-0.4, -0.2) is 20.5 Å². The first kappa shape index (κ1) is 14.8. The highest BCUT2D eigenvalue weighted by molar-refractivity contribution is 9.10. The minimum atomic E-state index is -3.65. The second-order valence-corrected chi connectivity index (χ2v) is 6.64. The summed E-state index contributed by atoms with van der Waals surface area (Å²) < 4.78 is 32.6. The van der Waals surface area contributed by atoms with Gasteiger partial charge in [-0.25, -0.2) is 13.4 Å². The van der Waals surface area contributed by atoms with Crippen molar-refractivity contribution >= 4 is 31.8 Å². The highest BCUT2D eigenvalue weighted by Crippen LogP contribution is 2.21. The predicted molar refractivity (Wildman–Crippen MR) is 80.5 cm³/mol. The molecule has 2 rings (SSSR count). The number of pyridine rings is 1. The molecular formula is C13H13BrN2O3S. The number of halogens is 1. The number of aryl methyl sites for hydroxylation is 1. The van der Waals surface area contributed by atoms with E-state index in [2.05, 4.69) is 25.6 Å². The Labute approximate surface area is 126 Å². The van der Waals surface area contributed by atoms with Gasteiger partial charge < -0.3 is 4.74 Å². The Morgan fingerprint density at radius 3 is 2.45 bits per heavy atom. The van der Waals surface area contributed by atoms with Crippen LogP contribution in [0.1, 0.15) is 5.56 Å². The van der Waals surface area contributed by atoms with Gasteiger partial charge in [-0.3, -0.25) is 4.72 Å². The van der Waals surface area contributed by atoms with Crippen molar-refractivity contribution in [2.45, 2.75) is 11.8 Å². The van der Waals surface area contributed by atoms with E-state index in [1.807, 2.05) is 6.92 Å². The predicted octanol–water partition coefficient (Wildman–Crippen LogP) is 2.96. The number of rotatable bonds is 4. The van der Waals surface area contributed by atoms with E-state index in [0.29, 0.717) is 5.75 Å². The molecular weight excluding hydrogens is 344 g/mol. The van der Waals surface area contributed by atoms with Crippen LogP contribution in [0.25, 0.3) is 0 Å². The molecule has 0 spiro atoms. The summed E-state index contributed by atoms with van der Waals surface area (Å²) in [4.78, 5) is 4.18. The molecule has 1 aromatic carbocycles. The molecule has 20 heavy (non-hydrogen) atoms. The standard InChI is InChI=1S/C13H13BrN2O3S/c1-9-7-13(15-8-12(9)14)16-20(17,18)11-5-3-10(19-2)4-6-11/h3-8H,1-2H3,(H,15,16). The Morgan fingerprint density at radius 1 is 1.25 bits per heavy atom. The Bertz CT molecular complexity index is 715. The minimum Gasteiger partial charge on any atom is -0.497 e. The molecule has 7 heteroatoms. The lowest BCUT2D eigenvalue weighted by atomic mass is 10.3. The van der Waals surface area contributed by atoms with Crippen molar-refractivity contribution in [3.05, 3.63) is 46.6 Å². The maximum absolute atomic E-state index is 12.2. The van der Waals surface area contributed by atoms with Crippen LogP contribution in [0.3, 0.4) is 0 Å². The highest BCUT2D eigenvalue weighted by atomic mass is 79.9. The van der Waals surface area contributed by atoms with E-state index in [1.165, 1.54) is 19.2 Å². The van der Waals surface area contributed by atoms with E-state index in [0.717, 1.165) is 10.0 Å².